The van der Waals surface area contributed by atoms with E-state index in [1.165, 1.54) is 0 Å². The number of aryl methyl sites for hydroxylation is 1. The van der Waals surface area contributed by atoms with E-state index >= 15 is 0 Å². The third-order valence-electron chi connectivity index (χ3n) is 4.79. The number of ether oxygens (including phenoxy) is 2. The van der Waals surface area contributed by atoms with Gasteiger partial charge in [0.05, 0.1) is 34.4 Å². The number of rotatable bonds is 6. The van der Waals surface area contributed by atoms with Crippen LogP contribution in [0.25, 0.3) is 21.3 Å². The Morgan fingerprint density at radius 3 is 2.84 bits per heavy atom. The lowest BCUT2D eigenvalue weighted by molar-refractivity contribution is 0.187. The molecule has 7 nitrogen and oxygen atoms in total. The first kappa shape index (κ1) is 19.7. The standard InChI is InChI=1S/C22H18ClN5O2S/c1-28-12-26-18-8-14(4-5-19(18)28)30-20-6-3-13(7-17(20)23)27-21-16-9-15(10-29-2)31-22(16)25-11-24-21/h3-9,11-12H,10H2,1-2H3,(H,24,25,27). The van der Waals surface area contributed by atoms with Crippen molar-refractivity contribution in [2.75, 3.05) is 12.4 Å². The van der Waals surface area contributed by atoms with E-state index in [4.69, 9.17) is 21.1 Å². The Hall–Kier alpha value is -3.20. The summed E-state index contributed by atoms with van der Waals surface area (Å²) in [5.41, 5.74) is 2.71. The molecule has 31 heavy (non-hydrogen) atoms. The van der Waals surface area contributed by atoms with Crippen LogP contribution >= 0.6 is 22.9 Å². The zero-order valence-corrected chi connectivity index (χ0v) is 18.4. The number of benzene rings is 2. The first-order valence-corrected chi connectivity index (χ1v) is 10.7. The largest absolute Gasteiger partial charge is 0.456 e. The van der Waals surface area contributed by atoms with Gasteiger partial charge in [0.2, 0.25) is 0 Å². The maximum atomic E-state index is 6.50. The summed E-state index contributed by atoms with van der Waals surface area (Å²) in [6.07, 6.45) is 3.32. The highest BCUT2D eigenvalue weighted by Crippen LogP contribution is 2.35. The number of aromatic nitrogens is 4. The van der Waals surface area contributed by atoms with Gasteiger partial charge in [0, 0.05) is 30.8 Å². The summed E-state index contributed by atoms with van der Waals surface area (Å²) in [5, 5.41) is 4.76. The minimum Gasteiger partial charge on any atom is -0.456 e. The smallest absolute Gasteiger partial charge is 0.146 e. The average Bonchev–Trinajstić information content (AvgIpc) is 3.34. The molecule has 0 amide bonds. The van der Waals surface area contributed by atoms with Crippen LogP contribution in [0.2, 0.25) is 5.02 Å². The highest BCUT2D eigenvalue weighted by Gasteiger charge is 2.11. The van der Waals surface area contributed by atoms with Crippen LogP contribution in [-0.2, 0) is 18.4 Å². The van der Waals surface area contributed by atoms with E-state index in [1.807, 2.05) is 54.1 Å². The van der Waals surface area contributed by atoms with Crippen molar-refractivity contribution in [3.05, 3.63) is 65.0 Å². The van der Waals surface area contributed by atoms with Gasteiger partial charge in [-0.15, -0.1) is 11.3 Å². The fraction of sp³-hybridized carbons (Fsp3) is 0.136. The Morgan fingerprint density at radius 1 is 1.10 bits per heavy atom. The Labute approximate surface area is 187 Å². The SMILES string of the molecule is COCc1cc2c(Nc3ccc(Oc4ccc5c(c4)ncn5C)c(Cl)c3)ncnc2s1. The predicted octanol–water partition coefficient (Wildman–Crippen LogP) is 5.91. The second-order valence-electron chi connectivity index (χ2n) is 6.97. The number of fused-ring (bicyclic) bond motifs is 2. The molecule has 0 aliphatic carbocycles. The first-order chi connectivity index (χ1) is 15.1. The maximum Gasteiger partial charge on any atom is 0.146 e. The van der Waals surface area contributed by atoms with E-state index in [2.05, 4.69) is 20.3 Å². The lowest BCUT2D eigenvalue weighted by Gasteiger charge is -2.11. The van der Waals surface area contributed by atoms with Crippen molar-refractivity contribution in [3.8, 4) is 11.5 Å². The van der Waals surface area contributed by atoms with Gasteiger partial charge >= 0.3 is 0 Å². The zero-order valence-electron chi connectivity index (χ0n) is 16.8. The molecule has 0 bridgehead atoms. The van der Waals surface area contributed by atoms with Gasteiger partial charge in [0.25, 0.3) is 0 Å². The third-order valence-corrected chi connectivity index (χ3v) is 6.10. The van der Waals surface area contributed by atoms with Crippen molar-refractivity contribution in [2.45, 2.75) is 6.61 Å². The molecular formula is C22H18ClN5O2S. The fourth-order valence-corrected chi connectivity index (χ4v) is 4.51. The number of imidazole rings is 1. The maximum absolute atomic E-state index is 6.50. The molecule has 1 N–H and O–H groups in total. The number of thiophene rings is 1. The van der Waals surface area contributed by atoms with Crippen LogP contribution in [0.1, 0.15) is 4.88 Å². The summed E-state index contributed by atoms with van der Waals surface area (Å²) in [6.45, 7) is 0.544. The number of anilines is 2. The highest BCUT2D eigenvalue weighted by atomic mass is 35.5. The van der Waals surface area contributed by atoms with E-state index in [-0.39, 0.29) is 0 Å². The molecule has 2 aromatic carbocycles. The Balaban J connectivity index is 1.38. The molecule has 3 aromatic heterocycles. The van der Waals surface area contributed by atoms with Crippen LogP contribution in [0, 0.1) is 0 Å². The quantitative estimate of drug-likeness (QED) is 0.345. The monoisotopic (exact) mass is 451 g/mol. The van der Waals surface area contributed by atoms with Crippen molar-refractivity contribution in [2.24, 2.45) is 7.05 Å². The second kappa shape index (κ2) is 8.14. The molecule has 5 aromatic rings. The molecule has 0 atom stereocenters. The van der Waals surface area contributed by atoms with Gasteiger partial charge in [-0.05, 0) is 36.4 Å². The van der Waals surface area contributed by atoms with Crippen LogP contribution in [0.4, 0.5) is 11.5 Å². The van der Waals surface area contributed by atoms with Crippen LogP contribution < -0.4 is 10.1 Å². The van der Waals surface area contributed by atoms with Gasteiger partial charge in [-0.1, -0.05) is 11.6 Å². The summed E-state index contributed by atoms with van der Waals surface area (Å²) in [7, 11) is 3.63. The van der Waals surface area contributed by atoms with Gasteiger partial charge in [-0.3, -0.25) is 0 Å². The highest BCUT2D eigenvalue weighted by molar-refractivity contribution is 7.18. The van der Waals surface area contributed by atoms with E-state index in [0.717, 1.165) is 31.8 Å². The van der Waals surface area contributed by atoms with E-state index in [1.54, 1.807) is 31.1 Å². The summed E-state index contributed by atoms with van der Waals surface area (Å²) in [6, 6.07) is 13.3. The Bertz CT molecular complexity index is 1400. The zero-order chi connectivity index (χ0) is 21.4. The molecule has 0 spiro atoms. The van der Waals surface area contributed by atoms with Gasteiger partial charge in [0.1, 0.15) is 28.5 Å². The molecule has 0 radical (unpaired) electrons. The molecule has 5 rings (SSSR count). The van der Waals surface area contributed by atoms with Crippen molar-refractivity contribution >= 4 is 55.7 Å². The topological polar surface area (TPSA) is 74.1 Å². The minimum absolute atomic E-state index is 0.488. The van der Waals surface area contributed by atoms with Crippen molar-refractivity contribution in [1.29, 1.82) is 0 Å². The minimum atomic E-state index is 0.488. The van der Waals surface area contributed by atoms with E-state index in [0.29, 0.717) is 28.9 Å². The molecule has 0 unspecified atom stereocenters. The van der Waals surface area contributed by atoms with Gasteiger partial charge in [0.15, 0.2) is 0 Å². The average molecular weight is 452 g/mol. The molecule has 0 aliphatic rings. The molecule has 0 saturated carbocycles. The predicted molar refractivity (Wildman–Crippen MR) is 124 cm³/mol. The Morgan fingerprint density at radius 2 is 2.00 bits per heavy atom. The van der Waals surface area contributed by atoms with Crippen molar-refractivity contribution < 1.29 is 9.47 Å². The van der Waals surface area contributed by atoms with Crippen LogP contribution in [-0.4, -0.2) is 26.6 Å². The number of nitrogens with zero attached hydrogens (tertiary/aromatic N) is 4. The number of methoxy groups -OCH3 is 1. The lowest BCUT2D eigenvalue weighted by atomic mass is 10.2. The van der Waals surface area contributed by atoms with Crippen molar-refractivity contribution in [1.82, 2.24) is 19.5 Å². The van der Waals surface area contributed by atoms with Crippen LogP contribution in [0.15, 0.2) is 55.1 Å². The third kappa shape index (κ3) is 3.93. The summed E-state index contributed by atoms with van der Waals surface area (Å²) < 4.78 is 13.2. The number of hydrogen-bond donors (Lipinski definition) is 1. The lowest BCUT2D eigenvalue weighted by Crippen LogP contribution is -1.95. The summed E-state index contributed by atoms with van der Waals surface area (Å²) >= 11 is 8.09. The van der Waals surface area contributed by atoms with Crippen LogP contribution in [0.5, 0.6) is 11.5 Å². The molecular weight excluding hydrogens is 434 g/mol. The molecule has 3 heterocycles. The number of nitrogens with one attached hydrogen (secondary N) is 1. The van der Waals surface area contributed by atoms with Gasteiger partial charge in [-0.2, -0.15) is 0 Å². The summed E-state index contributed by atoms with van der Waals surface area (Å²) in [5.74, 6) is 1.96. The van der Waals surface area contributed by atoms with Gasteiger partial charge < -0.3 is 19.4 Å². The summed E-state index contributed by atoms with van der Waals surface area (Å²) in [4.78, 5) is 15.1. The molecule has 156 valence electrons. The van der Waals surface area contributed by atoms with Gasteiger partial charge in [-0.25, -0.2) is 15.0 Å². The Kier molecular flexibility index (Phi) is 5.19. The molecule has 9 heteroatoms. The molecule has 0 aliphatic heterocycles. The van der Waals surface area contributed by atoms with Crippen molar-refractivity contribution in [3.63, 3.8) is 0 Å². The van der Waals surface area contributed by atoms with E-state index < -0.39 is 0 Å². The molecule has 0 fully saturated rings. The number of hydrogen-bond acceptors (Lipinski definition) is 7. The normalized spacial score (nSPS) is 11.3. The number of halogens is 1. The second-order valence-corrected chi connectivity index (χ2v) is 8.49. The van der Waals surface area contributed by atoms with E-state index in [9.17, 15) is 0 Å². The molecule has 0 saturated heterocycles. The van der Waals surface area contributed by atoms with Crippen LogP contribution in [0.3, 0.4) is 0 Å². The first-order valence-electron chi connectivity index (χ1n) is 9.48. The fourth-order valence-electron chi connectivity index (χ4n) is 3.32.